The number of thiazole rings is 1. The molecule has 7 nitrogen and oxygen atoms in total. The van der Waals surface area contributed by atoms with Crippen LogP contribution in [0, 0.1) is 0 Å². The number of hydrogen-bond donors (Lipinski definition) is 1. The molecule has 0 radical (unpaired) electrons. The van der Waals surface area contributed by atoms with E-state index in [0.717, 1.165) is 46.2 Å². The fraction of sp³-hybridized carbons (Fsp3) is 0.238. The predicted molar refractivity (Wildman–Crippen MR) is 114 cm³/mol. The average Bonchev–Trinajstić information content (AvgIpc) is 3.41. The number of carbonyl (C=O) groups excluding carboxylic acids is 1. The molecule has 1 amide bonds. The average molecular weight is 404 g/mol. The van der Waals surface area contributed by atoms with Crippen LogP contribution in [-0.4, -0.2) is 56.9 Å². The number of pyridine rings is 1. The molecule has 1 saturated heterocycles. The lowest BCUT2D eigenvalue weighted by molar-refractivity contribution is -0.130. The molecule has 5 rings (SSSR count). The molecule has 8 heteroatoms. The first kappa shape index (κ1) is 17.8. The summed E-state index contributed by atoms with van der Waals surface area (Å²) in [6, 6.07) is 11.8. The lowest BCUT2D eigenvalue weighted by Gasteiger charge is -2.35. The summed E-state index contributed by atoms with van der Waals surface area (Å²) in [6.45, 7) is 2.98. The van der Waals surface area contributed by atoms with Gasteiger partial charge in [0.15, 0.2) is 5.82 Å². The maximum absolute atomic E-state index is 12.6. The number of rotatable bonds is 4. The van der Waals surface area contributed by atoms with Crippen molar-refractivity contribution in [2.75, 3.05) is 31.1 Å². The van der Waals surface area contributed by atoms with E-state index < -0.39 is 0 Å². The molecule has 0 aliphatic carbocycles. The first-order chi connectivity index (χ1) is 14.3. The van der Waals surface area contributed by atoms with Crippen molar-refractivity contribution in [3.8, 4) is 11.5 Å². The summed E-state index contributed by atoms with van der Waals surface area (Å²) in [6.07, 6.45) is 3.88. The van der Waals surface area contributed by atoms with E-state index in [4.69, 9.17) is 4.98 Å². The maximum atomic E-state index is 12.6. The molecule has 1 aliphatic heterocycles. The Bertz CT molecular complexity index is 1100. The summed E-state index contributed by atoms with van der Waals surface area (Å²) in [7, 11) is 0. The number of para-hydroxylation sites is 2. The van der Waals surface area contributed by atoms with E-state index in [1.54, 1.807) is 23.7 Å². The van der Waals surface area contributed by atoms with Gasteiger partial charge in [-0.05, 0) is 23.8 Å². The predicted octanol–water partition coefficient (Wildman–Crippen LogP) is 2.97. The van der Waals surface area contributed by atoms with Crippen LogP contribution in [0.5, 0.6) is 0 Å². The third-order valence-corrected chi connectivity index (χ3v) is 6.05. The van der Waals surface area contributed by atoms with Gasteiger partial charge < -0.3 is 14.8 Å². The van der Waals surface area contributed by atoms with Crippen LogP contribution in [0.25, 0.3) is 22.6 Å². The van der Waals surface area contributed by atoms with Crippen LogP contribution in [0.4, 0.5) is 5.00 Å². The Labute approximate surface area is 172 Å². The summed E-state index contributed by atoms with van der Waals surface area (Å²) in [4.78, 5) is 33.6. The highest BCUT2D eigenvalue weighted by molar-refractivity contribution is 7.14. The van der Waals surface area contributed by atoms with Gasteiger partial charge in [-0.25, -0.2) is 9.97 Å². The van der Waals surface area contributed by atoms with Gasteiger partial charge in [0.25, 0.3) is 0 Å². The number of nitrogens with zero attached hydrogens (tertiary/aromatic N) is 5. The fourth-order valence-corrected chi connectivity index (χ4v) is 4.49. The number of amides is 1. The van der Waals surface area contributed by atoms with Crippen molar-refractivity contribution < 1.29 is 4.79 Å². The lowest BCUT2D eigenvalue weighted by Crippen LogP contribution is -2.49. The fourth-order valence-electron chi connectivity index (χ4n) is 3.64. The Morgan fingerprint density at radius 1 is 1.10 bits per heavy atom. The van der Waals surface area contributed by atoms with Crippen LogP contribution in [0.1, 0.15) is 5.56 Å². The van der Waals surface area contributed by atoms with Gasteiger partial charge in [0.1, 0.15) is 10.7 Å². The summed E-state index contributed by atoms with van der Waals surface area (Å²) >= 11 is 1.62. The van der Waals surface area contributed by atoms with Crippen LogP contribution in [-0.2, 0) is 11.2 Å². The third kappa shape index (κ3) is 3.58. The number of imidazole rings is 1. The second kappa shape index (κ2) is 7.63. The zero-order valence-corrected chi connectivity index (χ0v) is 16.6. The molecule has 0 bridgehead atoms. The molecule has 3 aromatic heterocycles. The Morgan fingerprint density at radius 2 is 1.97 bits per heavy atom. The van der Waals surface area contributed by atoms with Crippen LogP contribution in [0.2, 0.25) is 0 Å². The topological polar surface area (TPSA) is 78.0 Å². The highest BCUT2D eigenvalue weighted by atomic mass is 32.1. The Kier molecular flexibility index (Phi) is 4.69. The molecule has 0 saturated carbocycles. The molecule has 4 heterocycles. The highest BCUT2D eigenvalue weighted by Gasteiger charge is 2.25. The van der Waals surface area contributed by atoms with E-state index in [1.165, 1.54) is 0 Å². The van der Waals surface area contributed by atoms with E-state index in [2.05, 4.69) is 19.9 Å². The molecule has 1 aromatic carbocycles. The molecule has 4 aromatic rings. The molecular formula is C21H20N6OS. The third-order valence-electron chi connectivity index (χ3n) is 5.16. The minimum absolute atomic E-state index is 0.152. The number of H-pyrrole nitrogens is 1. The molecule has 0 spiro atoms. The monoisotopic (exact) mass is 404 g/mol. The number of benzene rings is 1. The number of anilines is 1. The van der Waals surface area contributed by atoms with Gasteiger partial charge in [-0.3, -0.25) is 9.78 Å². The van der Waals surface area contributed by atoms with Gasteiger partial charge in [-0.2, -0.15) is 0 Å². The minimum atomic E-state index is 0.152. The smallest absolute Gasteiger partial charge is 0.227 e. The van der Waals surface area contributed by atoms with Crippen molar-refractivity contribution in [3.63, 3.8) is 0 Å². The number of aromatic amines is 1. The number of piperazine rings is 1. The Hall–Kier alpha value is -3.26. The Balaban J connectivity index is 1.28. The van der Waals surface area contributed by atoms with Gasteiger partial charge in [-0.15, -0.1) is 11.3 Å². The summed E-state index contributed by atoms with van der Waals surface area (Å²) < 4.78 is 0. The van der Waals surface area contributed by atoms with Gasteiger partial charge >= 0.3 is 0 Å². The molecule has 0 unspecified atom stereocenters. The van der Waals surface area contributed by atoms with Gasteiger partial charge in [0.05, 0.1) is 23.0 Å². The van der Waals surface area contributed by atoms with Crippen molar-refractivity contribution in [1.82, 2.24) is 24.8 Å². The van der Waals surface area contributed by atoms with Crippen LogP contribution < -0.4 is 4.90 Å². The highest BCUT2D eigenvalue weighted by Crippen LogP contribution is 2.33. The summed E-state index contributed by atoms with van der Waals surface area (Å²) in [5, 5.41) is 1.10. The molecule has 1 fully saturated rings. The Morgan fingerprint density at radius 3 is 2.76 bits per heavy atom. The molecular weight excluding hydrogens is 384 g/mol. The largest absolute Gasteiger partial charge is 0.358 e. The van der Waals surface area contributed by atoms with Crippen molar-refractivity contribution in [2.45, 2.75) is 6.42 Å². The zero-order valence-electron chi connectivity index (χ0n) is 15.8. The molecule has 0 atom stereocenters. The second-order valence-corrected chi connectivity index (χ2v) is 7.85. The second-order valence-electron chi connectivity index (χ2n) is 7.01. The first-order valence-electron chi connectivity index (χ1n) is 9.58. The van der Waals surface area contributed by atoms with E-state index in [1.807, 2.05) is 46.8 Å². The first-order valence-corrected chi connectivity index (χ1v) is 10.5. The number of carbonyl (C=O) groups is 1. The summed E-state index contributed by atoms with van der Waals surface area (Å²) in [5.74, 6) is 0.942. The van der Waals surface area contributed by atoms with E-state index in [0.29, 0.717) is 19.5 Å². The molecule has 1 aliphatic rings. The number of nitrogens with one attached hydrogen (secondary N) is 1. The van der Waals surface area contributed by atoms with Crippen LogP contribution in [0.3, 0.4) is 0 Å². The van der Waals surface area contributed by atoms with Crippen molar-refractivity contribution in [1.29, 1.82) is 0 Å². The van der Waals surface area contributed by atoms with Crippen LogP contribution >= 0.6 is 11.3 Å². The van der Waals surface area contributed by atoms with E-state index in [9.17, 15) is 4.79 Å². The molecule has 146 valence electrons. The summed E-state index contributed by atoms with van der Waals surface area (Å²) in [5.41, 5.74) is 5.63. The van der Waals surface area contributed by atoms with Gasteiger partial charge in [-0.1, -0.05) is 18.2 Å². The van der Waals surface area contributed by atoms with E-state index in [-0.39, 0.29) is 5.91 Å². The van der Waals surface area contributed by atoms with Crippen LogP contribution in [0.15, 0.2) is 54.3 Å². The van der Waals surface area contributed by atoms with Gasteiger partial charge in [0.2, 0.25) is 5.91 Å². The van der Waals surface area contributed by atoms with E-state index >= 15 is 0 Å². The van der Waals surface area contributed by atoms with Crippen molar-refractivity contribution in [3.05, 3.63) is 59.9 Å². The quantitative estimate of drug-likeness (QED) is 0.566. The zero-order chi connectivity index (χ0) is 19.6. The standard InChI is InChI=1S/C21H20N6OS/c28-18(12-15-4-3-7-22-13-15)26-8-10-27(11-9-26)21-19(23-14-29-21)20-24-16-5-1-2-6-17(16)25-20/h1-7,13-14H,8-12H2,(H,24,25). The van der Waals surface area contributed by atoms with Crippen molar-refractivity contribution in [2.24, 2.45) is 0 Å². The maximum Gasteiger partial charge on any atom is 0.227 e. The minimum Gasteiger partial charge on any atom is -0.358 e. The van der Waals surface area contributed by atoms with Crippen molar-refractivity contribution >= 4 is 33.3 Å². The normalized spacial score (nSPS) is 14.5. The SMILES string of the molecule is O=C(Cc1cccnc1)N1CCN(c2scnc2-c2nc3ccccc3[nH]2)CC1. The molecule has 29 heavy (non-hydrogen) atoms. The number of fused-ring (bicyclic) bond motifs is 1. The van der Waals surface area contributed by atoms with Gasteiger partial charge in [0, 0.05) is 38.6 Å². The lowest BCUT2D eigenvalue weighted by atomic mass is 10.2. The molecule has 1 N–H and O–H groups in total. The number of aromatic nitrogens is 4. The number of hydrogen-bond acceptors (Lipinski definition) is 6.